The Bertz CT molecular complexity index is 922. The molecule has 0 radical (unpaired) electrons. The topological polar surface area (TPSA) is 101 Å². The lowest BCUT2D eigenvalue weighted by Gasteiger charge is -2.30. The number of pyridine rings is 1. The summed E-state index contributed by atoms with van der Waals surface area (Å²) in [5, 5.41) is 12.6. The molecule has 2 fully saturated rings. The SMILES string of the molecule is NCCS.O=C(O)c1cn(C2CC2)c2cc(N3CCNCC3)c(F)cc2c1=O. The molecule has 0 atom stereocenters. The lowest BCUT2D eigenvalue weighted by atomic mass is 10.1. The van der Waals surface area contributed by atoms with Crippen molar-refractivity contribution in [3.05, 3.63) is 39.9 Å². The van der Waals surface area contributed by atoms with E-state index in [1.165, 1.54) is 12.3 Å². The van der Waals surface area contributed by atoms with Gasteiger partial charge in [-0.25, -0.2) is 9.18 Å². The standard InChI is InChI=1S/C17H18FN3O3.C2H7NS/c18-13-7-11-14(8-15(13)20-5-3-19-4-6-20)21(10-1-2-10)9-12(16(11)22)17(23)24;3-1-2-4/h7-10,19H,1-6H2,(H,23,24);4H,1-3H2. The van der Waals surface area contributed by atoms with E-state index in [9.17, 15) is 19.1 Å². The van der Waals surface area contributed by atoms with E-state index in [2.05, 4.69) is 17.9 Å². The molecule has 152 valence electrons. The summed E-state index contributed by atoms with van der Waals surface area (Å²) >= 11 is 3.80. The summed E-state index contributed by atoms with van der Waals surface area (Å²) in [6, 6.07) is 3.08. The maximum absolute atomic E-state index is 14.6. The molecule has 28 heavy (non-hydrogen) atoms. The number of carboxylic acid groups (broad SMARTS) is 1. The highest BCUT2D eigenvalue weighted by Gasteiger charge is 2.28. The highest BCUT2D eigenvalue weighted by Crippen LogP contribution is 2.38. The summed E-state index contributed by atoms with van der Waals surface area (Å²) < 4.78 is 16.4. The van der Waals surface area contributed by atoms with Crippen LogP contribution in [0.4, 0.5) is 10.1 Å². The number of piperazine rings is 1. The van der Waals surface area contributed by atoms with Crippen LogP contribution in [0.15, 0.2) is 23.1 Å². The number of nitrogens with zero attached hydrogens (tertiary/aromatic N) is 2. The number of benzene rings is 1. The third kappa shape index (κ3) is 4.31. The van der Waals surface area contributed by atoms with Crippen LogP contribution < -0.4 is 21.4 Å². The highest BCUT2D eigenvalue weighted by atomic mass is 32.1. The fourth-order valence-corrected chi connectivity index (χ4v) is 3.31. The zero-order chi connectivity index (χ0) is 20.3. The fraction of sp³-hybridized carbons (Fsp3) is 0.474. The lowest BCUT2D eigenvalue weighted by Crippen LogP contribution is -2.43. The van der Waals surface area contributed by atoms with E-state index < -0.39 is 17.2 Å². The zero-order valence-corrected chi connectivity index (χ0v) is 16.4. The van der Waals surface area contributed by atoms with E-state index in [1.807, 2.05) is 9.47 Å². The van der Waals surface area contributed by atoms with E-state index in [4.69, 9.17) is 5.73 Å². The Labute approximate surface area is 167 Å². The molecule has 4 N–H and O–H groups in total. The largest absolute Gasteiger partial charge is 0.477 e. The molecule has 1 saturated heterocycles. The lowest BCUT2D eigenvalue weighted by molar-refractivity contribution is 0.0695. The van der Waals surface area contributed by atoms with Crippen LogP contribution in [0, 0.1) is 5.82 Å². The Hall–Kier alpha value is -2.10. The van der Waals surface area contributed by atoms with Crippen LogP contribution in [-0.2, 0) is 0 Å². The van der Waals surface area contributed by atoms with Crippen molar-refractivity contribution in [3.8, 4) is 0 Å². The van der Waals surface area contributed by atoms with Gasteiger partial charge in [-0.15, -0.1) is 0 Å². The van der Waals surface area contributed by atoms with Crippen molar-refractivity contribution in [1.29, 1.82) is 0 Å². The van der Waals surface area contributed by atoms with Crippen LogP contribution in [0.2, 0.25) is 0 Å². The average Bonchev–Trinajstić information content (AvgIpc) is 3.54. The molecule has 2 aromatic rings. The molecule has 1 aromatic carbocycles. The first-order chi connectivity index (χ1) is 13.5. The van der Waals surface area contributed by atoms with Crippen LogP contribution in [0.3, 0.4) is 0 Å². The molecule has 2 aliphatic rings. The van der Waals surface area contributed by atoms with E-state index in [0.717, 1.165) is 31.7 Å². The first-order valence-corrected chi connectivity index (χ1v) is 9.99. The summed E-state index contributed by atoms with van der Waals surface area (Å²) in [6.07, 6.45) is 3.29. The van der Waals surface area contributed by atoms with Crippen molar-refractivity contribution in [1.82, 2.24) is 9.88 Å². The molecule has 9 heteroatoms. The summed E-state index contributed by atoms with van der Waals surface area (Å²) in [4.78, 5) is 25.7. The number of aromatic carboxylic acids is 1. The molecule has 1 aromatic heterocycles. The van der Waals surface area contributed by atoms with Gasteiger partial charge >= 0.3 is 5.97 Å². The Kier molecular flexibility index (Phi) is 6.58. The molecule has 1 aliphatic heterocycles. The number of hydrogen-bond donors (Lipinski definition) is 4. The number of carboxylic acids is 1. The zero-order valence-electron chi connectivity index (χ0n) is 15.5. The first-order valence-electron chi connectivity index (χ1n) is 9.36. The van der Waals surface area contributed by atoms with Gasteiger partial charge in [-0.05, 0) is 25.0 Å². The minimum absolute atomic E-state index is 0.137. The van der Waals surface area contributed by atoms with Crippen molar-refractivity contribution in [2.75, 3.05) is 43.4 Å². The van der Waals surface area contributed by atoms with Crippen molar-refractivity contribution in [2.45, 2.75) is 18.9 Å². The summed E-state index contributed by atoms with van der Waals surface area (Å²) in [5.41, 5.74) is 5.11. The quantitative estimate of drug-likeness (QED) is 0.572. The maximum atomic E-state index is 14.6. The normalized spacial score (nSPS) is 16.6. The van der Waals surface area contributed by atoms with Crippen molar-refractivity contribution in [2.24, 2.45) is 5.73 Å². The maximum Gasteiger partial charge on any atom is 0.341 e. The van der Waals surface area contributed by atoms with E-state index in [-0.39, 0.29) is 17.0 Å². The monoisotopic (exact) mass is 408 g/mol. The number of hydrogen-bond acceptors (Lipinski definition) is 6. The van der Waals surface area contributed by atoms with Gasteiger partial charge in [0.1, 0.15) is 11.4 Å². The van der Waals surface area contributed by atoms with Crippen molar-refractivity contribution < 1.29 is 14.3 Å². The molecular weight excluding hydrogens is 383 g/mol. The number of nitrogens with two attached hydrogens (primary N) is 1. The Morgan fingerprint density at radius 3 is 2.50 bits per heavy atom. The number of anilines is 1. The Balaban J connectivity index is 0.000000516. The van der Waals surface area contributed by atoms with Gasteiger partial charge in [0.05, 0.1) is 11.2 Å². The Morgan fingerprint density at radius 1 is 1.32 bits per heavy atom. The predicted octanol–water partition coefficient (Wildman–Crippen LogP) is 1.46. The summed E-state index contributed by atoms with van der Waals surface area (Å²) in [6.45, 7) is 3.64. The van der Waals surface area contributed by atoms with E-state index in [1.54, 1.807) is 6.07 Å². The fourth-order valence-electron chi connectivity index (χ4n) is 3.31. The van der Waals surface area contributed by atoms with Gasteiger partial charge in [-0.2, -0.15) is 12.6 Å². The molecule has 7 nitrogen and oxygen atoms in total. The van der Waals surface area contributed by atoms with Crippen LogP contribution in [0.5, 0.6) is 0 Å². The molecule has 4 rings (SSSR count). The van der Waals surface area contributed by atoms with Crippen LogP contribution in [-0.4, -0.2) is 54.1 Å². The number of aromatic nitrogens is 1. The number of thiol groups is 1. The average molecular weight is 408 g/mol. The molecule has 2 heterocycles. The Morgan fingerprint density at radius 2 is 1.96 bits per heavy atom. The van der Waals surface area contributed by atoms with Crippen LogP contribution >= 0.6 is 12.6 Å². The van der Waals surface area contributed by atoms with Gasteiger partial charge in [0.25, 0.3) is 0 Å². The smallest absolute Gasteiger partial charge is 0.341 e. The second-order valence-corrected chi connectivity index (χ2v) is 7.33. The molecule has 1 saturated carbocycles. The minimum Gasteiger partial charge on any atom is -0.477 e. The molecule has 0 unspecified atom stereocenters. The number of halogens is 1. The van der Waals surface area contributed by atoms with E-state index in [0.29, 0.717) is 30.8 Å². The second-order valence-electron chi connectivity index (χ2n) is 6.89. The van der Waals surface area contributed by atoms with Crippen LogP contribution in [0.1, 0.15) is 29.2 Å². The molecule has 1 aliphatic carbocycles. The van der Waals surface area contributed by atoms with Crippen molar-refractivity contribution in [3.63, 3.8) is 0 Å². The number of fused-ring (bicyclic) bond motifs is 1. The number of carbonyl (C=O) groups is 1. The predicted molar refractivity (Wildman–Crippen MR) is 111 cm³/mol. The first kappa shape index (κ1) is 20.6. The van der Waals surface area contributed by atoms with Crippen molar-refractivity contribution >= 4 is 35.2 Å². The van der Waals surface area contributed by atoms with Gasteiger partial charge < -0.3 is 25.6 Å². The van der Waals surface area contributed by atoms with Gasteiger partial charge in [0.2, 0.25) is 5.43 Å². The molecule has 0 bridgehead atoms. The number of rotatable bonds is 4. The van der Waals surface area contributed by atoms with Crippen LogP contribution in [0.25, 0.3) is 10.9 Å². The van der Waals surface area contributed by atoms with Gasteiger partial charge in [-0.3, -0.25) is 4.79 Å². The van der Waals surface area contributed by atoms with Gasteiger partial charge in [-0.1, -0.05) is 0 Å². The number of nitrogens with one attached hydrogen (secondary N) is 1. The van der Waals surface area contributed by atoms with E-state index >= 15 is 0 Å². The summed E-state index contributed by atoms with van der Waals surface area (Å²) in [5.74, 6) is -0.964. The van der Waals surface area contributed by atoms with Gasteiger partial charge in [0, 0.05) is 56.1 Å². The van der Waals surface area contributed by atoms with Gasteiger partial charge in [0.15, 0.2) is 0 Å². The molecule has 0 amide bonds. The second kappa shape index (κ2) is 8.93. The summed E-state index contributed by atoms with van der Waals surface area (Å²) in [7, 11) is 0. The minimum atomic E-state index is -1.28. The third-order valence-electron chi connectivity index (χ3n) is 4.86. The third-order valence-corrected chi connectivity index (χ3v) is 5.12. The highest BCUT2D eigenvalue weighted by molar-refractivity contribution is 7.80. The molecular formula is C19H25FN4O3S. The molecule has 0 spiro atoms.